The Morgan fingerprint density at radius 2 is 2.33 bits per heavy atom. The second-order valence-corrected chi connectivity index (χ2v) is 5.79. The van der Waals surface area contributed by atoms with E-state index in [1.165, 1.54) is 19.4 Å². The first-order valence-electron chi connectivity index (χ1n) is 5.98. The van der Waals surface area contributed by atoms with Gasteiger partial charge in [-0.2, -0.15) is 0 Å². The van der Waals surface area contributed by atoms with E-state index >= 15 is 0 Å². The fraction of sp³-hybridized carbons (Fsp3) is 0.909. The van der Waals surface area contributed by atoms with Crippen LogP contribution in [-0.4, -0.2) is 47.5 Å². The number of amidine groups is 1. The lowest BCUT2D eigenvalue weighted by molar-refractivity contribution is 0.282. The van der Waals surface area contributed by atoms with E-state index in [0.717, 1.165) is 30.8 Å². The smallest absolute Gasteiger partial charge is 0.156 e. The zero-order chi connectivity index (χ0) is 10.7. The summed E-state index contributed by atoms with van der Waals surface area (Å²) in [6.45, 7) is 8.85. The van der Waals surface area contributed by atoms with Crippen LogP contribution < -0.4 is 5.32 Å². The molecule has 1 atom stereocenters. The minimum absolute atomic E-state index is 0.665. The Balaban J connectivity index is 1.61. The standard InChI is InChI=1S/C11H21N3S/c1-3-14(10-4-5-10)7-6-12-11-13-8-9(2)15-11/h9-10H,3-8H2,1-2H3,(H,12,13). The predicted molar refractivity (Wildman–Crippen MR) is 67.6 cm³/mol. The van der Waals surface area contributed by atoms with Crippen LogP contribution in [0.2, 0.25) is 0 Å². The van der Waals surface area contributed by atoms with Crippen LogP contribution in [0.25, 0.3) is 0 Å². The van der Waals surface area contributed by atoms with Crippen molar-refractivity contribution in [1.82, 2.24) is 10.2 Å². The number of likely N-dealkylation sites (N-methyl/N-ethyl adjacent to an activating group) is 1. The van der Waals surface area contributed by atoms with Crippen LogP contribution in [0.5, 0.6) is 0 Å². The molecule has 2 rings (SSSR count). The summed E-state index contributed by atoms with van der Waals surface area (Å²) in [4.78, 5) is 7.02. The van der Waals surface area contributed by atoms with Crippen molar-refractivity contribution in [3.8, 4) is 0 Å². The molecule has 1 fully saturated rings. The molecule has 0 aromatic rings. The zero-order valence-corrected chi connectivity index (χ0v) is 10.5. The van der Waals surface area contributed by atoms with Crippen LogP contribution in [0.1, 0.15) is 26.7 Å². The maximum atomic E-state index is 4.45. The third-order valence-corrected chi connectivity index (χ3v) is 4.00. The van der Waals surface area contributed by atoms with Gasteiger partial charge in [-0.3, -0.25) is 9.89 Å². The summed E-state index contributed by atoms with van der Waals surface area (Å²) in [5.41, 5.74) is 0. The third-order valence-electron chi connectivity index (χ3n) is 2.95. The minimum Gasteiger partial charge on any atom is -0.364 e. The molecular weight excluding hydrogens is 206 g/mol. The SMILES string of the molecule is CCN(CCNC1=NCC(C)S1)C1CC1. The second kappa shape index (κ2) is 5.21. The Morgan fingerprint density at radius 3 is 2.87 bits per heavy atom. The highest BCUT2D eigenvalue weighted by atomic mass is 32.2. The highest BCUT2D eigenvalue weighted by molar-refractivity contribution is 8.14. The molecule has 15 heavy (non-hydrogen) atoms. The average molecular weight is 227 g/mol. The number of nitrogens with one attached hydrogen (secondary N) is 1. The van der Waals surface area contributed by atoms with Gasteiger partial charge in [0.05, 0.1) is 6.54 Å². The lowest BCUT2D eigenvalue weighted by Gasteiger charge is -2.19. The average Bonchev–Trinajstić information content (AvgIpc) is 2.98. The number of nitrogens with zero attached hydrogens (tertiary/aromatic N) is 2. The van der Waals surface area contributed by atoms with E-state index in [2.05, 4.69) is 29.1 Å². The molecule has 0 saturated heterocycles. The van der Waals surface area contributed by atoms with Crippen molar-refractivity contribution in [1.29, 1.82) is 0 Å². The molecule has 1 aliphatic carbocycles. The highest BCUT2D eigenvalue weighted by Gasteiger charge is 2.27. The first kappa shape index (κ1) is 11.3. The van der Waals surface area contributed by atoms with Gasteiger partial charge in [0.1, 0.15) is 0 Å². The van der Waals surface area contributed by atoms with Crippen LogP contribution in [0, 0.1) is 0 Å². The molecule has 2 aliphatic rings. The van der Waals surface area contributed by atoms with E-state index in [1.807, 2.05) is 11.8 Å². The maximum absolute atomic E-state index is 4.45. The van der Waals surface area contributed by atoms with Crippen LogP contribution in [0.3, 0.4) is 0 Å². The molecule has 1 N–H and O–H groups in total. The highest BCUT2D eigenvalue weighted by Crippen LogP contribution is 2.26. The van der Waals surface area contributed by atoms with E-state index < -0.39 is 0 Å². The topological polar surface area (TPSA) is 27.6 Å². The monoisotopic (exact) mass is 227 g/mol. The first-order chi connectivity index (χ1) is 7.29. The summed E-state index contributed by atoms with van der Waals surface area (Å²) in [5.74, 6) is 0. The molecule has 86 valence electrons. The number of thioether (sulfide) groups is 1. The van der Waals surface area contributed by atoms with Gasteiger partial charge in [0, 0.05) is 24.4 Å². The third kappa shape index (κ3) is 3.38. The van der Waals surface area contributed by atoms with Crippen molar-refractivity contribution in [2.24, 2.45) is 4.99 Å². The van der Waals surface area contributed by atoms with Gasteiger partial charge in [0.15, 0.2) is 5.17 Å². The van der Waals surface area contributed by atoms with Gasteiger partial charge in [-0.25, -0.2) is 0 Å². The van der Waals surface area contributed by atoms with Crippen LogP contribution in [0.4, 0.5) is 0 Å². The van der Waals surface area contributed by atoms with E-state index in [9.17, 15) is 0 Å². The minimum atomic E-state index is 0.665. The van der Waals surface area contributed by atoms with Crippen LogP contribution in [-0.2, 0) is 0 Å². The lowest BCUT2D eigenvalue weighted by atomic mass is 10.4. The largest absolute Gasteiger partial charge is 0.364 e. The second-order valence-electron chi connectivity index (χ2n) is 4.36. The van der Waals surface area contributed by atoms with Crippen molar-refractivity contribution in [3.63, 3.8) is 0 Å². The number of hydrogen-bond acceptors (Lipinski definition) is 4. The van der Waals surface area contributed by atoms with Crippen LogP contribution >= 0.6 is 11.8 Å². The molecule has 0 amide bonds. The van der Waals surface area contributed by atoms with E-state index in [1.54, 1.807) is 0 Å². The molecule has 0 radical (unpaired) electrons. The Kier molecular flexibility index (Phi) is 3.92. The molecule has 3 nitrogen and oxygen atoms in total. The van der Waals surface area contributed by atoms with Crippen molar-refractivity contribution in [2.75, 3.05) is 26.2 Å². The predicted octanol–water partition coefficient (Wildman–Crippen LogP) is 1.55. The van der Waals surface area contributed by atoms with Gasteiger partial charge in [-0.1, -0.05) is 25.6 Å². The Labute approximate surface area is 96.7 Å². The Hall–Kier alpha value is -0.220. The van der Waals surface area contributed by atoms with Crippen LogP contribution in [0.15, 0.2) is 4.99 Å². The zero-order valence-electron chi connectivity index (χ0n) is 9.70. The number of rotatable bonds is 5. The lowest BCUT2D eigenvalue weighted by Crippen LogP contribution is -2.35. The number of hydrogen-bond donors (Lipinski definition) is 1. The van der Waals surface area contributed by atoms with Crippen molar-refractivity contribution in [3.05, 3.63) is 0 Å². The molecule has 1 unspecified atom stereocenters. The molecule has 4 heteroatoms. The molecule has 0 bridgehead atoms. The first-order valence-corrected chi connectivity index (χ1v) is 6.86. The molecule has 1 saturated carbocycles. The molecule has 0 spiro atoms. The van der Waals surface area contributed by atoms with Gasteiger partial charge in [0.25, 0.3) is 0 Å². The van der Waals surface area contributed by atoms with E-state index in [4.69, 9.17) is 0 Å². The molecule has 1 aliphatic heterocycles. The fourth-order valence-corrected chi connectivity index (χ4v) is 2.78. The summed E-state index contributed by atoms with van der Waals surface area (Å²) >= 11 is 1.87. The van der Waals surface area contributed by atoms with Crippen molar-refractivity contribution in [2.45, 2.75) is 38.0 Å². The van der Waals surface area contributed by atoms with Crippen molar-refractivity contribution < 1.29 is 0 Å². The fourth-order valence-electron chi connectivity index (χ4n) is 1.92. The summed E-state index contributed by atoms with van der Waals surface area (Å²) < 4.78 is 0. The van der Waals surface area contributed by atoms with Gasteiger partial charge >= 0.3 is 0 Å². The maximum Gasteiger partial charge on any atom is 0.156 e. The molecule has 1 heterocycles. The van der Waals surface area contributed by atoms with Gasteiger partial charge in [-0.15, -0.1) is 0 Å². The van der Waals surface area contributed by atoms with Gasteiger partial charge in [0.2, 0.25) is 0 Å². The molecule has 0 aromatic carbocycles. The summed E-state index contributed by atoms with van der Waals surface area (Å²) in [7, 11) is 0. The van der Waals surface area contributed by atoms with E-state index in [-0.39, 0.29) is 0 Å². The van der Waals surface area contributed by atoms with E-state index in [0.29, 0.717) is 5.25 Å². The summed E-state index contributed by atoms with van der Waals surface area (Å²) in [5, 5.41) is 5.24. The van der Waals surface area contributed by atoms with Crippen molar-refractivity contribution >= 4 is 16.9 Å². The Bertz CT molecular complexity index is 238. The summed E-state index contributed by atoms with van der Waals surface area (Å²) in [6, 6.07) is 0.883. The van der Waals surface area contributed by atoms with Gasteiger partial charge in [-0.05, 0) is 19.4 Å². The van der Waals surface area contributed by atoms with Gasteiger partial charge < -0.3 is 5.32 Å². The quantitative estimate of drug-likeness (QED) is 0.772. The normalized spacial score (nSPS) is 25.8. The molecular formula is C11H21N3S. The summed E-state index contributed by atoms with van der Waals surface area (Å²) in [6.07, 6.45) is 2.81. The molecule has 0 aromatic heterocycles. The number of aliphatic imine (C=N–C) groups is 1. The Morgan fingerprint density at radius 1 is 1.53 bits per heavy atom.